The Morgan fingerprint density at radius 1 is 1.09 bits per heavy atom. The molecule has 2 bridgehead atoms. The molecule has 1 amide bonds. The minimum atomic E-state index is -4.33. The lowest BCUT2D eigenvalue weighted by molar-refractivity contribution is -0.137. The van der Waals surface area contributed by atoms with Crippen molar-refractivity contribution in [1.82, 2.24) is 20.4 Å². The van der Waals surface area contributed by atoms with Gasteiger partial charge in [0.1, 0.15) is 0 Å². The SMILES string of the molecule is O=C(NC1C[C@H]2COC[C@@H](C1)N2Cc1ccc(C(F)(F)F)cc1)c1n[nH]c2ccccc12. The smallest absolute Gasteiger partial charge is 0.378 e. The summed E-state index contributed by atoms with van der Waals surface area (Å²) in [6, 6.07) is 13.0. The maximum atomic E-state index is 12.9. The lowest BCUT2D eigenvalue weighted by Gasteiger charge is -2.48. The van der Waals surface area contributed by atoms with E-state index in [2.05, 4.69) is 20.4 Å². The number of para-hydroxylation sites is 1. The van der Waals surface area contributed by atoms with Gasteiger partial charge in [-0.2, -0.15) is 18.3 Å². The fourth-order valence-electron chi connectivity index (χ4n) is 4.77. The first-order valence-electron chi connectivity index (χ1n) is 10.6. The van der Waals surface area contributed by atoms with Gasteiger partial charge in [-0.15, -0.1) is 0 Å². The van der Waals surface area contributed by atoms with Gasteiger partial charge in [-0.3, -0.25) is 14.8 Å². The molecule has 2 aliphatic heterocycles. The number of aromatic amines is 1. The van der Waals surface area contributed by atoms with Crippen molar-refractivity contribution in [2.24, 2.45) is 0 Å². The molecular weight excluding hydrogens is 421 g/mol. The topological polar surface area (TPSA) is 70.2 Å². The molecule has 5 rings (SSSR count). The Morgan fingerprint density at radius 3 is 2.47 bits per heavy atom. The largest absolute Gasteiger partial charge is 0.416 e. The minimum absolute atomic E-state index is 0.0132. The highest BCUT2D eigenvalue weighted by molar-refractivity contribution is 6.04. The molecule has 1 unspecified atom stereocenters. The molecule has 32 heavy (non-hydrogen) atoms. The summed E-state index contributed by atoms with van der Waals surface area (Å²) in [6.45, 7) is 1.63. The zero-order valence-corrected chi connectivity index (χ0v) is 17.2. The van der Waals surface area contributed by atoms with Gasteiger partial charge in [-0.1, -0.05) is 30.3 Å². The summed E-state index contributed by atoms with van der Waals surface area (Å²) in [5.74, 6) is -0.206. The zero-order chi connectivity index (χ0) is 22.3. The second-order valence-corrected chi connectivity index (χ2v) is 8.47. The number of H-pyrrole nitrogens is 1. The van der Waals surface area contributed by atoms with Gasteiger partial charge < -0.3 is 10.1 Å². The first kappa shape index (κ1) is 21.0. The number of alkyl halides is 3. The summed E-state index contributed by atoms with van der Waals surface area (Å²) in [7, 11) is 0. The van der Waals surface area contributed by atoms with E-state index in [1.165, 1.54) is 12.1 Å². The molecule has 2 saturated heterocycles. The van der Waals surface area contributed by atoms with Gasteiger partial charge >= 0.3 is 6.18 Å². The number of aromatic nitrogens is 2. The van der Waals surface area contributed by atoms with E-state index in [1.807, 2.05) is 24.3 Å². The van der Waals surface area contributed by atoms with Crippen molar-refractivity contribution in [3.8, 4) is 0 Å². The van der Waals surface area contributed by atoms with Crippen molar-refractivity contribution >= 4 is 16.8 Å². The molecule has 168 valence electrons. The van der Waals surface area contributed by atoms with Gasteiger partial charge in [0.2, 0.25) is 0 Å². The molecule has 2 aromatic carbocycles. The normalized spacial score (nSPS) is 23.9. The summed E-state index contributed by atoms with van der Waals surface area (Å²) >= 11 is 0. The van der Waals surface area contributed by atoms with Crippen molar-refractivity contribution in [2.75, 3.05) is 13.2 Å². The van der Waals surface area contributed by atoms with E-state index < -0.39 is 11.7 Å². The Kier molecular flexibility index (Phi) is 5.38. The zero-order valence-electron chi connectivity index (χ0n) is 17.2. The van der Waals surface area contributed by atoms with Crippen molar-refractivity contribution < 1.29 is 22.7 Å². The number of carbonyl (C=O) groups excluding carboxylic acids is 1. The molecule has 3 atom stereocenters. The predicted octanol–water partition coefficient (Wildman–Crippen LogP) is 3.74. The number of piperidine rings is 1. The Morgan fingerprint density at radius 2 is 1.78 bits per heavy atom. The number of carbonyl (C=O) groups is 1. The van der Waals surface area contributed by atoms with Gasteiger partial charge in [-0.05, 0) is 36.6 Å². The number of nitrogens with zero attached hydrogens (tertiary/aromatic N) is 2. The van der Waals surface area contributed by atoms with E-state index in [4.69, 9.17) is 4.74 Å². The van der Waals surface area contributed by atoms with E-state index >= 15 is 0 Å². The number of halogens is 3. The van der Waals surface area contributed by atoms with Crippen LogP contribution in [-0.4, -0.2) is 52.3 Å². The van der Waals surface area contributed by atoms with Crippen LogP contribution in [0.5, 0.6) is 0 Å². The number of fused-ring (bicyclic) bond motifs is 3. The van der Waals surface area contributed by atoms with Gasteiger partial charge in [0.25, 0.3) is 5.91 Å². The molecule has 0 spiro atoms. The van der Waals surface area contributed by atoms with Crippen LogP contribution in [0.3, 0.4) is 0 Å². The summed E-state index contributed by atoms with van der Waals surface area (Å²) in [5.41, 5.74) is 1.39. The molecule has 1 aromatic heterocycles. The summed E-state index contributed by atoms with van der Waals surface area (Å²) in [4.78, 5) is 15.2. The van der Waals surface area contributed by atoms with Crippen LogP contribution >= 0.6 is 0 Å². The molecule has 2 N–H and O–H groups in total. The van der Waals surface area contributed by atoms with E-state index in [-0.39, 0.29) is 24.0 Å². The van der Waals surface area contributed by atoms with Crippen LogP contribution in [0.15, 0.2) is 48.5 Å². The van der Waals surface area contributed by atoms with Crippen LogP contribution in [0.4, 0.5) is 13.2 Å². The number of benzene rings is 2. The Labute approximate surface area is 182 Å². The van der Waals surface area contributed by atoms with Gasteiger partial charge in [0, 0.05) is 30.1 Å². The molecule has 3 aromatic rings. The van der Waals surface area contributed by atoms with E-state index in [0.717, 1.165) is 28.6 Å². The summed E-state index contributed by atoms with van der Waals surface area (Å²) in [5, 5.41) is 11.0. The Hall–Kier alpha value is -2.91. The maximum absolute atomic E-state index is 12.9. The summed E-state index contributed by atoms with van der Waals surface area (Å²) < 4.78 is 44.2. The fraction of sp³-hybridized carbons (Fsp3) is 0.391. The maximum Gasteiger partial charge on any atom is 0.416 e. The molecule has 3 heterocycles. The lowest BCUT2D eigenvalue weighted by Crippen LogP contribution is -2.60. The quantitative estimate of drug-likeness (QED) is 0.643. The molecule has 6 nitrogen and oxygen atoms in total. The molecule has 2 fully saturated rings. The van der Waals surface area contributed by atoms with Crippen molar-refractivity contribution in [3.05, 3.63) is 65.4 Å². The average molecular weight is 444 g/mol. The first-order chi connectivity index (χ1) is 15.4. The van der Waals surface area contributed by atoms with Gasteiger partial charge in [-0.25, -0.2) is 0 Å². The highest BCUT2D eigenvalue weighted by Gasteiger charge is 2.40. The number of ether oxygens (including phenoxy) is 1. The van der Waals surface area contributed by atoms with Crippen molar-refractivity contribution in [2.45, 2.75) is 43.7 Å². The minimum Gasteiger partial charge on any atom is -0.378 e. The van der Waals surface area contributed by atoms with Crippen molar-refractivity contribution in [1.29, 1.82) is 0 Å². The highest BCUT2D eigenvalue weighted by atomic mass is 19.4. The van der Waals surface area contributed by atoms with Crippen LogP contribution in [0.2, 0.25) is 0 Å². The fourth-order valence-corrected chi connectivity index (χ4v) is 4.77. The number of nitrogens with one attached hydrogen (secondary N) is 2. The molecule has 2 aliphatic rings. The number of amides is 1. The van der Waals surface area contributed by atoms with Crippen LogP contribution in [0, 0.1) is 0 Å². The second kappa shape index (κ2) is 8.22. The number of morpholine rings is 1. The van der Waals surface area contributed by atoms with E-state index in [1.54, 1.807) is 0 Å². The molecular formula is C23H23F3N4O2. The predicted molar refractivity (Wildman–Crippen MR) is 112 cm³/mol. The van der Waals surface area contributed by atoms with Crippen molar-refractivity contribution in [3.63, 3.8) is 0 Å². The van der Waals surface area contributed by atoms with Gasteiger partial charge in [0.05, 0.1) is 24.3 Å². The number of hydrogen-bond acceptors (Lipinski definition) is 4. The van der Waals surface area contributed by atoms with Crippen LogP contribution in [0.25, 0.3) is 10.9 Å². The van der Waals surface area contributed by atoms with E-state index in [9.17, 15) is 18.0 Å². The third kappa shape index (κ3) is 4.10. The molecule has 0 radical (unpaired) electrons. The third-order valence-electron chi connectivity index (χ3n) is 6.34. The average Bonchev–Trinajstić information content (AvgIpc) is 3.18. The number of hydrogen-bond donors (Lipinski definition) is 2. The van der Waals surface area contributed by atoms with Crippen LogP contribution in [0.1, 0.15) is 34.5 Å². The lowest BCUT2D eigenvalue weighted by atomic mass is 9.89. The Bertz CT molecular complexity index is 1100. The Balaban J connectivity index is 1.26. The summed E-state index contributed by atoms with van der Waals surface area (Å²) in [6.07, 6.45) is -2.91. The first-order valence-corrected chi connectivity index (χ1v) is 10.6. The molecule has 0 saturated carbocycles. The highest BCUT2D eigenvalue weighted by Crippen LogP contribution is 2.32. The van der Waals surface area contributed by atoms with Gasteiger partial charge in [0.15, 0.2) is 5.69 Å². The second-order valence-electron chi connectivity index (χ2n) is 8.47. The standard InChI is InChI=1S/C23H23F3N4O2/c24-23(25,26)15-7-5-14(6-8-15)11-30-17-9-16(10-18(30)13-32-12-17)27-22(31)21-19-3-1-2-4-20(19)28-29-21/h1-8,16-18H,9-13H2,(H,27,31)(H,28,29)/t16?,17-,18+. The monoisotopic (exact) mass is 444 g/mol. The molecule has 0 aliphatic carbocycles. The van der Waals surface area contributed by atoms with Crippen LogP contribution in [-0.2, 0) is 17.5 Å². The van der Waals surface area contributed by atoms with E-state index in [0.29, 0.717) is 38.3 Å². The number of rotatable bonds is 4. The van der Waals surface area contributed by atoms with Crippen LogP contribution < -0.4 is 5.32 Å². The molecule has 9 heteroatoms. The third-order valence-corrected chi connectivity index (χ3v) is 6.34.